The third-order valence-corrected chi connectivity index (χ3v) is 2.47. The van der Waals surface area contributed by atoms with Crippen LogP contribution in [0.25, 0.3) is 0 Å². The van der Waals surface area contributed by atoms with E-state index in [9.17, 15) is 4.79 Å². The van der Waals surface area contributed by atoms with Crippen molar-refractivity contribution in [3.8, 4) is 0 Å². The Morgan fingerprint density at radius 2 is 2.25 bits per heavy atom. The zero-order valence-corrected chi connectivity index (χ0v) is 10.4. The molecule has 1 saturated heterocycles. The van der Waals surface area contributed by atoms with E-state index in [0.29, 0.717) is 0 Å². The Morgan fingerprint density at radius 1 is 1.56 bits per heavy atom. The van der Waals surface area contributed by atoms with Gasteiger partial charge >= 0.3 is 5.97 Å². The van der Waals surface area contributed by atoms with Gasteiger partial charge in [-0.15, -0.1) is 29.9 Å². The number of hydrogen-bond donors (Lipinski definition) is 1. The molecule has 0 spiro atoms. The normalized spacial score (nSPS) is 19.9. The van der Waals surface area contributed by atoms with Gasteiger partial charge in [0.15, 0.2) is 5.69 Å². The molecule has 1 aromatic rings. The third-order valence-electron chi connectivity index (χ3n) is 2.47. The van der Waals surface area contributed by atoms with Crippen molar-refractivity contribution in [3.05, 3.63) is 11.9 Å². The Morgan fingerprint density at radius 3 is 2.69 bits per heavy atom. The topological polar surface area (TPSA) is 71.2 Å². The highest BCUT2D eigenvalue weighted by atomic mass is 35.5. The molecule has 1 atom stereocenters. The molecule has 0 bridgehead atoms. The van der Waals surface area contributed by atoms with Crippen LogP contribution in [0.1, 0.15) is 23.0 Å². The molecule has 1 fully saturated rings. The van der Waals surface area contributed by atoms with E-state index in [1.54, 1.807) is 4.68 Å². The maximum atomic E-state index is 10.6. The van der Waals surface area contributed by atoms with Gasteiger partial charge < -0.3 is 10.0 Å². The van der Waals surface area contributed by atoms with Gasteiger partial charge in [0, 0.05) is 6.54 Å². The van der Waals surface area contributed by atoms with E-state index in [0.717, 1.165) is 19.5 Å². The Balaban J connectivity index is 0.00000112. The van der Waals surface area contributed by atoms with Crippen molar-refractivity contribution in [3.63, 3.8) is 0 Å². The molecule has 1 aliphatic rings. The smallest absolute Gasteiger partial charge is 0.358 e. The largest absolute Gasteiger partial charge is 0.476 e. The van der Waals surface area contributed by atoms with Crippen molar-refractivity contribution in [2.24, 2.45) is 0 Å². The van der Waals surface area contributed by atoms with Crippen LogP contribution < -0.4 is 0 Å². The molecule has 8 heteroatoms. The number of carboxylic acid groups (broad SMARTS) is 1. The highest BCUT2D eigenvalue weighted by Gasteiger charge is 2.22. The third kappa shape index (κ3) is 3.07. The summed E-state index contributed by atoms with van der Waals surface area (Å²) in [7, 11) is 2.04. The fraction of sp³-hybridized carbons (Fsp3) is 0.625. The predicted molar refractivity (Wildman–Crippen MR) is 62.6 cm³/mol. The molecule has 1 N–H and O–H groups in total. The number of likely N-dealkylation sites (tertiary alicyclic amines) is 1. The lowest BCUT2D eigenvalue weighted by molar-refractivity contribution is 0.0690. The lowest BCUT2D eigenvalue weighted by Crippen LogP contribution is -2.16. The molecule has 1 aliphatic heterocycles. The molecule has 2 heterocycles. The second kappa shape index (κ2) is 6.03. The van der Waals surface area contributed by atoms with Crippen molar-refractivity contribution in [2.75, 3.05) is 20.1 Å². The molecule has 92 valence electrons. The van der Waals surface area contributed by atoms with Gasteiger partial charge in [0.2, 0.25) is 0 Å². The second-order valence-electron chi connectivity index (χ2n) is 3.59. The van der Waals surface area contributed by atoms with Crippen LogP contribution >= 0.6 is 24.8 Å². The lowest BCUT2D eigenvalue weighted by Gasteiger charge is -2.09. The minimum absolute atomic E-state index is 0. The molecule has 0 radical (unpaired) electrons. The van der Waals surface area contributed by atoms with Gasteiger partial charge in [0.25, 0.3) is 0 Å². The minimum Gasteiger partial charge on any atom is -0.476 e. The van der Waals surface area contributed by atoms with Crippen LogP contribution in [0.4, 0.5) is 0 Å². The van der Waals surface area contributed by atoms with Crippen LogP contribution in [0.5, 0.6) is 0 Å². The van der Waals surface area contributed by atoms with Crippen molar-refractivity contribution < 1.29 is 9.90 Å². The Labute approximate surface area is 105 Å². The standard InChI is InChI=1S/C8H12N4O2.2ClH/c1-11-3-2-6(4-11)12-5-7(8(13)14)9-10-12;;/h5-6H,2-4H2,1H3,(H,13,14);2*1H. The number of nitrogens with zero attached hydrogens (tertiary/aromatic N) is 4. The first kappa shape index (κ1) is 15.2. The quantitative estimate of drug-likeness (QED) is 0.855. The van der Waals surface area contributed by atoms with Crippen LogP contribution in [0.3, 0.4) is 0 Å². The fourth-order valence-corrected chi connectivity index (χ4v) is 1.68. The van der Waals surface area contributed by atoms with E-state index >= 15 is 0 Å². The first-order chi connectivity index (χ1) is 6.66. The number of aromatic carboxylic acids is 1. The molecule has 6 nitrogen and oxygen atoms in total. The van der Waals surface area contributed by atoms with E-state index in [2.05, 4.69) is 15.2 Å². The number of carbonyl (C=O) groups is 1. The summed E-state index contributed by atoms with van der Waals surface area (Å²) in [5, 5.41) is 16.1. The zero-order chi connectivity index (χ0) is 10.1. The molecular weight excluding hydrogens is 255 g/mol. The second-order valence-corrected chi connectivity index (χ2v) is 3.59. The predicted octanol–water partition coefficient (Wildman–Crippen LogP) is 0.696. The molecule has 0 aromatic carbocycles. The highest BCUT2D eigenvalue weighted by molar-refractivity contribution is 5.85. The van der Waals surface area contributed by atoms with E-state index in [1.807, 2.05) is 7.05 Å². The average Bonchev–Trinajstić information content (AvgIpc) is 2.70. The maximum Gasteiger partial charge on any atom is 0.358 e. The summed E-state index contributed by atoms with van der Waals surface area (Å²) >= 11 is 0. The van der Waals surface area contributed by atoms with E-state index in [1.165, 1.54) is 6.20 Å². The number of aromatic nitrogens is 3. The molecular formula is C8H14Cl2N4O2. The molecule has 1 aromatic heterocycles. The number of halogens is 2. The SMILES string of the molecule is CN1CCC(n2cc(C(=O)O)nn2)C1.Cl.Cl. The summed E-state index contributed by atoms with van der Waals surface area (Å²) in [4.78, 5) is 12.8. The summed E-state index contributed by atoms with van der Waals surface area (Å²) in [5.74, 6) is -1.03. The average molecular weight is 269 g/mol. The molecule has 16 heavy (non-hydrogen) atoms. The fourth-order valence-electron chi connectivity index (χ4n) is 1.68. The molecule has 1 unspecified atom stereocenters. The summed E-state index contributed by atoms with van der Waals surface area (Å²) in [6, 6.07) is 0.264. The minimum atomic E-state index is -1.03. The van der Waals surface area contributed by atoms with Crippen LogP contribution in [-0.2, 0) is 0 Å². The number of likely N-dealkylation sites (N-methyl/N-ethyl adjacent to an activating group) is 1. The van der Waals surface area contributed by atoms with Gasteiger partial charge in [-0.2, -0.15) is 0 Å². The number of rotatable bonds is 2. The number of hydrogen-bond acceptors (Lipinski definition) is 4. The van der Waals surface area contributed by atoms with Gasteiger partial charge in [0.05, 0.1) is 12.2 Å². The molecule has 2 rings (SSSR count). The monoisotopic (exact) mass is 268 g/mol. The molecule has 0 aliphatic carbocycles. The van der Waals surface area contributed by atoms with Gasteiger partial charge in [-0.05, 0) is 20.0 Å². The van der Waals surface area contributed by atoms with Gasteiger partial charge in [-0.25, -0.2) is 9.48 Å². The zero-order valence-electron chi connectivity index (χ0n) is 8.74. The van der Waals surface area contributed by atoms with Crippen LogP contribution in [0.15, 0.2) is 6.20 Å². The Bertz CT molecular complexity index is 358. The van der Waals surface area contributed by atoms with Crippen LogP contribution in [0, 0.1) is 0 Å². The van der Waals surface area contributed by atoms with Crippen molar-refractivity contribution >= 4 is 30.8 Å². The summed E-state index contributed by atoms with van der Waals surface area (Å²) in [5.41, 5.74) is 0.0135. The van der Waals surface area contributed by atoms with E-state index in [-0.39, 0.29) is 36.5 Å². The highest BCUT2D eigenvalue weighted by Crippen LogP contribution is 2.18. The Kier molecular flexibility index (Phi) is 5.71. The van der Waals surface area contributed by atoms with Gasteiger partial charge in [0.1, 0.15) is 0 Å². The van der Waals surface area contributed by atoms with Gasteiger partial charge in [-0.3, -0.25) is 0 Å². The lowest BCUT2D eigenvalue weighted by atomic mass is 10.3. The van der Waals surface area contributed by atoms with Crippen molar-refractivity contribution in [1.82, 2.24) is 19.9 Å². The van der Waals surface area contributed by atoms with Crippen LogP contribution in [-0.4, -0.2) is 51.1 Å². The first-order valence-corrected chi connectivity index (χ1v) is 4.50. The van der Waals surface area contributed by atoms with Gasteiger partial charge in [-0.1, -0.05) is 5.21 Å². The number of carboxylic acids is 1. The maximum absolute atomic E-state index is 10.6. The van der Waals surface area contributed by atoms with Crippen LogP contribution in [0.2, 0.25) is 0 Å². The van der Waals surface area contributed by atoms with E-state index < -0.39 is 5.97 Å². The molecule has 0 saturated carbocycles. The van der Waals surface area contributed by atoms with Crippen molar-refractivity contribution in [2.45, 2.75) is 12.5 Å². The van der Waals surface area contributed by atoms with Crippen molar-refractivity contribution in [1.29, 1.82) is 0 Å². The first-order valence-electron chi connectivity index (χ1n) is 4.50. The summed E-state index contributed by atoms with van der Waals surface area (Å²) < 4.78 is 1.65. The summed E-state index contributed by atoms with van der Waals surface area (Å²) in [6.45, 7) is 1.93. The van der Waals surface area contributed by atoms with E-state index in [4.69, 9.17) is 5.11 Å². The Hall–Kier alpha value is -0.850. The summed E-state index contributed by atoms with van der Waals surface area (Å²) in [6.07, 6.45) is 2.49. The molecule has 0 amide bonds.